The molecule has 2 aliphatic heterocycles. The molecule has 1 N–H and O–H groups in total. The van der Waals surface area contributed by atoms with Crippen LogP contribution in [0.15, 0.2) is 28.3 Å². The molecule has 23 heavy (non-hydrogen) atoms. The number of hydrogen-bond acceptors (Lipinski definition) is 4. The molecule has 0 atom stereocenters. The molecule has 3 amide bonds. The molecule has 0 spiro atoms. The van der Waals surface area contributed by atoms with Gasteiger partial charge in [0.2, 0.25) is 0 Å². The van der Waals surface area contributed by atoms with Crippen molar-refractivity contribution in [3.63, 3.8) is 0 Å². The normalized spacial score (nSPS) is 18.2. The van der Waals surface area contributed by atoms with E-state index in [-0.39, 0.29) is 18.0 Å². The molecule has 0 unspecified atom stereocenters. The molecule has 0 radical (unpaired) electrons. The Kier molecular flexibility index (Phi) is 3.61. The van der Waals surface area contributed by atoms with Crippen LogP contribution in [-0.4, -0.2) is 52.8 Å². The highest BCUT2D eigenvalue weighted by molar-refractivity contribution is 9.11. The van der Waals surface area contributed by atoms with E-state index < -0.39 is 0 Å². The number of halogens is 1. The monoisotopic (exact) mass is 395 g/mol. The predicted octanol–water partition coefficient (Wildman–Crippen LogP) is 1.93. The van der Waals surface area contributed by atoms with Gasteiger partial charge in [0.25, 0.3) is 5.91 Å². The number of likely N-dealkylation sites (tertiary alicyclic amines) is 1. The zero-order valence-corrected chi connectivity index (χ0v) is 14.5. The molecule has 120 valence electrons. The Labute approximate surface area is 145 Å². The Morgan fingerprint density at radius 2 is 2.22 bits per heavy atom. The molecule has 7 nitrogen and oxygen atoms in total. The van der Waals surface area contributed by atoms with Gasteiger partial charge in [-0.2, -0.15) is 5.10 Å². The molecule has 2 aromatic heterocycles. The van der Waals surface area contributed by atoms with Gasteiger partial charge in [0.05, 0.1) is 26.6 Å². The number of nitrogens with zero attached hydrogens (tertiary/aromatic N) is 4. The first kappa shape index (κ1) is 14.7. The maximum absolute atomic E-state index is 12.3. The van der Waals surface area contributed by atoms with E-state index in [9.17, 15) is 9.59 Å². The molecule has 2 fully saturated rings. The van der Waals surface area contributed by atoms with Crippen LogP contribution < -0.4 is 10.2 Å². The largest absolute Gasteiger partial charge is 0.336 e. The highest BCUT2D eigenvalue weighted by atomic mass is 79.9. The van der Waals surface area contributed by atoms with Gasteiger partial charge in [-0.3, -0.25) is 14.4 Å². The number of thiophene rings is 1. The first-order chi connectivity index (χ1) is 11.1. The highest BCUT2D eigenvalue weighted by Crippen LogP contribution is 2.28. The van der Waals surface area contributed by atoms with Gasteiger partial charge in [0.15, 0.2) is 0 Å². The lowest BCUT2D eigenvalue weighted by atomic mass is 10.1. The third-order valence-electron chi connectivity index (χ3n) is 4.06. The number of carbonyl (C=O) groups excluding carboxylic acids is 2. The van der Waals surface area contributed by atoms with Crippen LogP contribution >= 0.6 is 27.3 Å². The van der Waals surface area contributed by atoms with Crippen molar-refractivity contribution < 1.29 is 9.59 Å². The zero-order valence-electron chi connectivity index (χ0n) is 12.1. The van der Waals surface area contributed by atoms with Crippen LogP contribution in [0.5, 0.6) is 0 Å². The standard InChI is InChI=1S/C14H14BrN5O2S/c15-12-2-1-11(23-12)13(21)18-6-10(7-18)20-8-9(5-17-20)19-4-3-16-14(19)22/h1-2,5,8,10H,3-4,6-7H2,(H,16,22). The van der Waals surface area contributed by atoms with Gasteiger partial charge in [0, 0.05) is 32.4 Å². The Morgan fingerprint density at radius 3 is 2.87 bits per heavy atom. The van der Waals surface area contributed by atoms with E-state index in [0.717, 1.165) is 14.4 Å². The summed E-state index contributed by atoms with van der Waals surface area (Å²) in [5.41, 5.74) is 0.798. The SMILES string of the molecule is O=C(c1ccc(Br)s1)N1CC(n2cc(N3CCNC3=O)cn2)C1. The maximum atomic E-state index is 12.3. The van der Waals surface area contributed by atoms with E-state index in [1.165, 1.54) is 11.3 Å². The third-order valence-corrected chi connectivity index (χ3v) is 5.68. The molecule has 0 aromatic carbocycles. The van der Waals surface area contributed by atoms with Crippen LogP contribution in [0.1, 0.15) is 15.7 Å². The summed E-state index contributed by atoms with van der Waals surface area (Å²) in [7, 11) is 0. The fraction of sp³-hybridized carbons (Fsp3) is 0.357. The molecule has 0 saturated carbocycles. The number of urea groups is 1. The summed E-state index contributed by atoms with van der Waals surface area (Å²) in [5.74, 6) is 0.0586. The van der Waals surface area contributed by atoms with Crippen LogP contribution in [0.2, 0.25) is 0 Å². The Hall–Kier alpha value is -1.87. The summed E-state index contributed by atoms with van der Waals surface area (Å²) in [6.07, 6.45) is 3.57. The van der Waals surface area contributed by atoms with Gasteiger partial charge >= 0.3 is 6.03 Å². The van der Waals surface area contributed by atoms with Crippen molar-refractivity contribution in [1.29, 1.82) is 0 Å². The quantitative estimate of drug-likeness (QED) is 0.862. The summed E-state index contributed by atoms with van der Waals surface area (Å²) < 4.78 is 2.80. The summed E-state index contributed by atoms with van der Waals surface area (Å²) in [6, 6.07) is 3.80. The summed E-state index contributed by atoms with van der Waals surface area (Å²) >= 11 is 4.82. The Morgan fingerprint density at radius 1 is 1.39 bits per heavy atom. The van der Waals surface area contributed by atoms with Crippen molar-refractivity contribution in [2.45, 2.75) is 6.04 Å². The second-order valence-corrected chi connectivity index (χ2v) is 7.99. The molecule has 4 rings (SSSR count). The van der Waals surface area contributed by atoms with Gasteiger partial charge < -0.3 is 10.2 Å². The number of anilines is 1. The Bertz CT molecular complexity index is 767. The molecule has 9 heteroatoms. The topological polar surface area (TPSA) is 70.5 Å². The van der Waals surface area contributed by atoms with Crippen LogP contribution in [0.4, 0.5) is 10.5 Å². The van der Waals surface area contributed by atoms with Gasteiger partial charge in [-0.1, -0.05) is 0 Å². The lowest BCUT2D eigenvalue weighted by Crippen LogP contribution is -2.50. The zero-order chi connectivity index (χ0) is 16.0. The van der Waals surface area contributed by atoms with E-state index in [0.29, 0.717) is 26.2 Å². The Balaban J connectivity index is 1.39. The molecular weight excluding hydrogens is 382 g/mol. The minimum atomic E-state index is -0.0850. The van der Waals surface area contributed by atoms with E-state index in [4.69, 9.17) is 0 Å². The molecule has 2 saturated heterocycles. The first-order valence-corrected chi connectivity index (χ1v) is 8.87. The number of amides is 3. The molecule has 2 aliphatic rings. The summed E-state index contributed by atoms with van der Waals surface area (Å²) in [4.78, 5) is 28.2. The van der Waals surface area contributed by atoms with Gasteiger partial charge in [-0.05, 0) is 28.1 Å². The fourth-order valence-electron chi connectivity index (χ4n) is 2.76. The van der Waals surface area contributed by atoms with Gasteiger partial charge in [0.1, 0.15) is 0 Å². The van der Waals surface area contributed by atoms with Crippen molar-refractivity contribution in [1.82, 2.24) is 20.0 Å². The van der Waals surface area contributed by atoms with Gasteiger partial charge in [-0.25, -0.2) is 4.79 Å². The smallest absolute Gasteiger partial charge is 0.322 e. The average Bonchev–Trinajstić information content (AvgIpc) is 3.18. The fourth-order valence-corrected chi connectivity index (χ4v) is 4.11. The number of hydrogen-bond donors (Lipinski definition) is 1. The minimum absolute atomic E-state index is 0.0586. The van der Waals surface area contributed by atoms with E-state index >= 15 is 0 Å². The van der Waals surface area contributed by atoms with E-state index in [1.807, 2.05) is 27.9 Å². The van der Waals surface area contributed by atoms with Crippen LogP contribution in [-0.2, 0) is 0 Å². The first-order valence-electron chi connectivity index (χ1n) is 7.26. The lowest BCUT2D eigenvalue weighted by molar-refractivity contribution is 0.0506. The summed E-state index contributed by atoms with van der Waals surface area (Å²) in [5, 5.41) is 7.11. The number of carbonyl (C=O) groups is 2. The van der Waals surface area contributed by atoms with Gasteiger partial charge in [-0.15, -0.1) is 11.3 Å². The van der Waals surface area contributed by atoms with Crippen LogP contribution in [0.25, 0.3) is 0 Å². The number of rotatable bonds is 3. The molecule has 4 heterocycles. The minimum Gasteiger partial charge on any atom is -0.336 e. The number of aromatic nitrogens is 2. The van der Waals surface area contributed by atoms with Crippen LogP contribution in [0.3, 0.4) is 0 Å². The van der Waals surface area contributed by atoms with Crippen molar-refractivity contribution in [2.24, 2.45) is 0 Å². The summed E-state index contributed by atoms with van der Waals surface area (Å²) in [6.45, 7) is 2.60. The van der Waals surface area contributed by atoms with E-state index in [1.54, 1.807) is 11.1 Å². The van der Waals surface area contributed by atoms with Crippen molar-refractivity contribution >= 4 is 44.9 Å². The predicted molar refractivity (Wildman–Crippen MR) is 89.9 cm³/mol. The second-order valence-electron chi connectivity index (χ2n) is 5.53. The van der Waals surface area contributed by atoms with E-state index in [2.05, 4.69) is 26.3 Å². The highest BCUT2D eigenvalue weighted by Gasteiger charge is 2.34. The maximum Gasteiger partial charge on any atom is 0.322 e. The molecule has 0 aliphatic carbocycles. The third kappa shape index (κ3) is 2.63. The number of nitrogens with one attached hydrogen (secondary N) is 1. The van der Waals surface area contributed by atoms with Crippen molar-refractivity contribution in [2.75, 3.05) is 31.1 Å². The van der Waals surface area contributed by atoms with Crippen molar-refractivity contribution in [3.05, 3.63) is 33.2 Å². The average molecular weight is 396 g/mol. The molecule has 0 bridgehead atoms. The lowest BCUT2D eigenvalue weighted by Gasteiger charge is -2.38. The molecule has 2 aromatic rings. The second kappa shape index (κ2) is 5.64. The van der Waals surface area contributed by atoms with Crippen molar-refractivity contribution in [3.8, 4) is 0 Å². The van der Waals surface area contributed by atoms with Crippen LogP contribution in [0, 0.1) is 0 Å². The molecular formula is C14H14BrN5O2S.